The minimum absolute atomic E-state index is 0.853. The number of hydrogen-bond donors (Lipinski definition) is 0. The van der Waals surface area contributed by atoms with Gasteiger partial charge in [-0.15, -0.1) is 0 Å². The Morgan fingerprint density at radius 3 is 2.53 bits per heavy atom. The summed E-state index contributed by atoms with van der Waals surface area (Å²) in [5, 5.41) is 0.924. The highest BCUT2D eigenvalue weighted by molar-refractivity contribution is 9.10. The number of nitrogens with zero attached hydrogens (tertiary/aromatic N) is 2. The van der Waals surface area contributed by atoms with Crippen LogP contribution in [0.3, 0.4) is 0 Å². The van der Waals surface area contributed by atoms with Gasteiger partial charge in [0.15, 0.2) is 0 Å². The van der Waals surface area contributed by atoms with E-state index in [4.69, 9.17) is 0 Å². The molecule has 0 saturated carbocycles. The van der Waals surface area contributed by atoms with E-state index in [1.54, 1.807) is 0 Å². The van der Waals surface area contributed by atoms with Gasteiger partial charge in [0.2, 0.25) is 0 Å². The van der Waals surface area contributed by atoms with Crippen LogP contribution < -0.4 is 4.90 Å². The highest BCUT2D eigenvalue weighted by atomic mass is 79.9. The molecule has 4 heteroatoms. The van der Waals surface area contributed by atoms with Crippen molar-refractivity contribution in [3.63, 3.8) is 0 Å². The van der Waals surface area contributed by atoms with E-state index >= 15 is 0 Å². The molecule has 1 fully saturated rings. The zero-order valence-corrected chi connectivity index (χ0v) is 14.9. The molecule has 1 aromatic rings. The van der Waals surface area contributed by atoms with Gasteiger partial charge < -0.3 is 9.80 Å². The Hall–Kier alpha value is -0.0600. The monoisotopic (exact) mass is 388 g/mol. The molecular formula is C15H22Br2N2. The maximum absolute atomic E-state index is 3.60. The van der Waals surface area contributed by atoms with E-state index < -0.39 is 0 Å². The molecule has 0 atom stereocenters. The Kier molecular flexibility index (Phi) is 5.72. The van der Waals surface area contributed by atoms with Gasteiger partial charge in [-0.2, -0.15) is 0 Å². The van der Waals surface area contributed by atoms with Crippen LogP contribution in [0.25, 0.3) is 0 Å². The van der Waals surface area contributed by atoms with Crippen molar-refractivity contribution >= 4 is 37.5 Å². The summed E-state index contributed by atoms with van der Waals surface area (Å²) in [7, 11) is 4.34. The van der Waals surface area contributed by atoms with Crippen LogP contribution >= 0.6 is 31.9 Å². The zero-order valence-electron chi connectivity index (χ0n) is 11.7. The highest BCUT2D eigenvalue weighted by Crippen LogP contribution is 2.30. The summed E-state index contributed by atoms with van der Waals surface area (Å²) < 4.78 is 1.17. The summed E-state index contributed by atoms with van der Waals surface area (Å²) in [4.78, 5) is 4.84. The largest absolute Gasteiger partial charge is 0.371 e. The van der Waals surface area contributed by atoms with Crippen LogP contribution in [0.15, 0.2) is 22.7 Å². The van der Waals surface area contributed by atoms with Gasteiger partial charge in [0, 0.05) is 35.1 Å². The lowest BCUT2D eigenvalue weighted by Crippen LogP contribution is -2.37. The third-order valence-corrected chi connectivity index (χ3v) is 4.87. The maximum atomic E-state index is 3.60. The molecule has 0 aromatic heterocycles. The van der Waals surface area contributed by atoms with Gasteiger partial charge >= 0.3 is 0 Å². The van der Waals surface area contributed by atoms with Crippen molar-refractivity contribution < 1.29 is 0 Å². The van der Waals surface area contributed by atoms with Crippen molar-refractivity contribution in [2.75, 3.05) is 38.6 Å². The molecule has 0 bridgehead atoms. The minimum atomic E-state index is 0.853. The Bertz CT molecular complexity index is 413. The molecule has 1 aliphatic rings. The van der Waals surface area contributed by atoms with Gasteiger partial charge in [-0.1, -0.05) is 37.9 Å². The lowest BCUT2D eigenvalue weighted by molar-refractivity contribution is 0.285. The fourth-order valence-corrected chi connectivity index (χ4v) is 3.64. The molecule has 1 aliphatic heterocycles. The first-order valence-corrected chi connectivity index (χ1v) is 8.75. The summed E-state index contributed by atoms with van der Waals surface area (Å²) in [6.45, 7) is 3.57. The van der Waals surface area contributed by atoms with Crippen molar-refractivity contribution in [3.8, 4) is 0 Å². The molecule has 0 amide bonds. The minimum Gasteiger partial charge on any atom is -0.371 e. The molecule has 0 N–H and O–H groups in total. The normalized spacial score (nSPS) is 17.2. The molecule has 1 heterocycles. The molecular weight excluding hydrogens is 368 g/mol. The number of alkyl halides is 1. The summed E-state index contributed by atoms with van der Waals surface area (Å²) in [6, 6.07) is 6.59. The van der Waals surface area contributed by atoms with E-state index in [-0.39, 0.29) is 0 Å². The molecule has 1 saturated heterocycles. The van der Waals surface area contributed by atoms with E-state index in [0.717, 1.165) is 11.2 Å². The SMILES string of the molecule is CN(C)CC1CCN(c2cc(Br)ccc2CBr)CC1. The van der Waals surface area contributed by atoms with Gasteiger partial charge in [0.05, 0.1) is 0 Å². The van der Waals surface area contributed by atoms with E-state index in [1.165, 1.54) is 48.2 Å². The molecule has 19 heavy (non-hydrogen) atoms. The lowest BCUT2D eigenvalue weighted by Gasteiger charge is -2.35. The standard InChI is InChI=1S/C15H22Br2N2/c1-18(2)11-12-5-7-19(8-6-12)15-9-14(17)4-3-13(15)10-16/h3-4,9,12H,5-8,10-11H2,1-2H3. The molecule has 106 valence electrons. The van der Waals surface area contributed by atoms with Crippen molar-refractivity contribution in [1.29, 1.82) is 0 Å². The Morgan fingerprint density at radius 1 is 1.26 bits per heavy atom. The predicted octanol–water partition coefficient (Wildman–Crippen LogP) is 4.12. The zero-order chi connectivity index (χ0) is 13.8. The number of halogens is 2. The third-order valence-electron chi connectivity index (χ3n) is 3.77. The van der Waals surface area contributed by atoms with Crippen LogP contribution in [0, 0.1) is 5.92 Å². The molecule has 0 aliphatic carbocycles. The second-order valence-electron chi connectivity index (χ2n) is 5.60. The van der Waals surface area contributed by atoms with Crippen LogP contribution in [-0.4, -0.2) is 38.6 Å². The summed E-state index contributed by atoms with van der Waals surface area (Å²) in [5.74, 6) is 0.853. The lowest BCUT2D eigenvalue weighted by atomic mass is 9.95. The molecule has 2 nitrogen and oxygen atoms in total. The molecule has 2 rings (SSSR count). The second-order valence-corrected chi connectivity index (χ2v) is 7.08. The first-order valence-electron chi connectivity index (χ1n) is 6.84. The summed E-state index contributed by atoms with van der Waals surface area (Å²) >= 11 is 7.18. The number of piperidine rings is 1. The van der Waals surface area contributed by atoms with Crippen LogP contribution in [0.1, 0.15) is 18.4 Å². The van der Waals surface area contributed by atoms with Crippen molar-refractivity contribution in [2.24, 2.45) is 5.92 Å². The van der Waals surface area contributed by atoms with E-state index in [1.807, 2.05) is 0 Å². The third kappa shape index (κ3) is 4.20. The Morgan fingerprint density at radius 2 is 1.95 bits per heavy atom. The number of anilines is 1. The van der Waals surface area contributed by atoms with Crippen molar-refractivity contribution in [3.05, 3.63) is 28.2 Å². The highest BCUT2D eigenvalue weighted by Gasteiger charge is 2.21. The Balaban J connectivity index is 2.03. The van der Waals surface area contributed by atoms with E-state index in [9.17, 15) is 0 Å². The van der Waals surface area contributed by atoms with E-state index in [0.29, 0.717) is 0 Å². The van der Waals surface area contributed by atoms with Crippen molar-refractivity contribution in [2.45, 2.75) is 18.2 Å². The Labute approximate surface area is 133 Å². The van der Waals surface area contributed by atoms with E-state index in [2.05, 4.69) is 74.0 Å². The first kappa shape index (κ1) is 15.3. The quantitative estimate of drug-likeness (QED) is 0.714. The molecule has 0 spiro atoms. The fourth-order valence-electron chi connectivity index (χ4n) is 2.82. The smallest absolute Gasteiger partial charge is 0.0418 e. The van der Waals surface area contributed by atoms with Crippen LogP contribution in [0.2, 0.25) is 0 Å². The first-order chi connectivity index (χ1) is 9.10. The predicted molar refractivity (Wildman–Crippen MR) is 90.3 cm³/mol. The van der Waals surface area contributed by atoms with Crippen LogP contribution in [0.5, 0.6) is 0 Å². The van der Waals surface area contributed by atoms with Gasteiger partial charge in [0.1, 0.15) is 0 Å². The van der Waals surface area contributed by atoms with Gasteiger partial charge in [-0.05, 0) is 50.6 Å². The summed E-state index contributed by atoms with van der Waals surface area (Å²) in [6.07, 6.45) is 2.60. The van der Waals surface area contributed by atoms with Crippen molar-refractivity contribution in [1.82, 2.24) is 4.90 Å². The second kappa shape index (κ2) is 7.09. The molecule has 0 unspecified atom stereocenters. The average molecular weight is 390 g/mol. The average Bonchev–Trinajstić information content (AvgIpc) is 2.39. The molecule has 1 aromatic carbocycles. The number of benzene rings is 1. The fraction of sp³-hybridized carbons (Fsp3) is 0.600. The van der Waals surface area contributed by atoms with Gasteiger partial charge in [0.25, 0.3) is 0 Å². The van der Waals surface area contributed by atoms with Crippen LogP contribution in [-0.2, 0) is 5.33 Å². The van der Waals surface area contributed by atoms with Gasteiger partial charge in [-0.3, -0.25) is 0 Å². The number of rotatable bonds is 4. The van der Waals surface area contributed by atoms with Gasteiger partial charge in [-0.25, -0.2) is 0 Å². The number of hydrogen-bond acceptors (Lipinski definition) is 2. The molecule has 0 radical (unpaired) electrons. The van der Waals surface area contributed by atoms with Crippen LogP contribution in [0.4, 0.5) is 5.69 Å². The maximum Gasteiger partial charge on any atom is 0.0418 e. The topological polar surface area (TPSA) is 6.48 Å². The summed E-state index contributed by atoms with van der Waals surface area (Å²) in [5.41, 5.74) is 2.77.